The zero-order valence-corrected chi connectivity index (χ0v) is 11.0. The Bertz CT molecular complexity index is 492. The van der Waals surface area contributed by atoms with Crippen LogP contribution in [0.15, 0.2) is 24.3 Å². The van der Waals surface area contributed by atoms with Crippen molar-refractivity contribution in [1.82, 2.24) is 0 Å². The standard InChI is InChI=1S/C14H17NO5/c15-19-7-9-2-1-3-10(6-9)14(16)20-12-8-18-11-4-5-17-13(11)12/h1-3,6,11-13H,4-5,7-8,15H2/t11-,12?,13+/m1/s1. The van der Waals surface area contributed by atoms with Gasteiger partial charge in [-0.1, -0.05) is 12.1 Å². The maximum Gasteiger partial charge on any atom is 0.338 e. The van der Waals surface area contributed by atoms with E-state index in [9.17, 15) is 4.79 Å². The van der Waals surface area contributed by atoms with E-state index in [4.69, 9.17) is 20.1 Å². The van der Waals surface area contributed by atoms with Gasteiger partial charge in [0, 0.05) is 6.61 Å². The molecular formula is C14H17NO5. The highest BCUT2D eigenvalue weighted by Crippen LogP contribution is 2.28. The zero-order chi connectivity index (χ0) is 13.9. The van der Waals surface area contributed by atoms with Crippen LogP contribution in [0.3, 0.4) is 0 Å². The lowest BCUT2D eigenvalue weighted by Crippen LogP contribution is -2.32. The van der Waals surface area contributed by atoms with Crippen molar-refractivity contribution in [2.75, 3.05) is 13.2 Å². The van der Waals surface area contributed by atoms with Gasteiger partial charge in [0.15, 0.2) is 6.10 Å². The summed E-state index contributed by atoms with van der Waals surface area (Å²) in [5.41, 5.74) is 1.29. The highest BCUT2D eigenvalue weighted by Gasteiger charge is 2.44. The van der Waals surface area contributed by atoms with Gasteiger partial charge in [0.05, 0.1) is 24.9 Å². The number of carbonyl (C=O) groups excluding carboxylic acids is 1. The quantitative estimate of drug-likeness (QED) is 0.648. The van der Waals surface area contributed by atoms with Crippen molar-refractivity contribution in [2.45, 2.75) is 31.3 Å². The second-order valence-electron chi connectivity index (χ2n) is 4.95. The lowest BCUT2D eigenvalue weighted by Gasteiger charge is -2.16. The van der Waals surface area contributed by atoms with Gasteiger partial charge >= 0.3 is 5.97 Å². The molecule has 0 bridgehead atoms. The number of ether oxygens (including phenoxy) is 3. The maximum atomic E-state index is 12.1. The first kappa shape index (κ1) is 13.5. The number of carbonyl (C=O) groups is 1. The normalized spacial score (nSPS) is 28.4. The molecule has 20 heavy (non-hydrogen) atoms. The third-order valence-electron chi connectivity index (χ3n) is 3.59. The molecule has 0 saturated carbocycles. The van der Waals surface area contributed by atoms with Crippen molar-refractivity contribution < 1.29 is 23.8 Å². The molecule has 3 atom stereocenters. The first-order valence-corrected chi connectivity index (χ1v) is 6.63. The SMILES string of the molecule is NOCc1cccc(C(=O)OC2CO[C@@H]3CCO[C@H]23)c1. The third-order valence-corrected chi connectivity index (χ3v) is 3.59. The number of hydrogen-bond donors (Lipinski definition) is 1. The van der Waals surface area contributed by atoms with E-state index < -0.39 is 0 Å². The molecule has 2 saturated heterocycles. The van der Waals surface area contributed by atoms with E-state index in [0.29, 0.717) is 18.8 Å². The van der Waals surface area contributed by atoms with E-state index in [2.05, 4.69) is 4.84 Å². The molecule has 108 valence electrons. The summed E-state index contributed by atoms with van der Waals surface area (Å²) in [6, 6.07) is 7.01. The summed E-state index contributed by atoms with van der Waals surface area (Å²) in [7, 11) is 0. The summed E-state index contributed by atoms with van der Waals surface area (Å²) >= 11 is 0. The van der Waals surface area contributed by atoms with Gasteiger partial charge in [0.25, 0.3) is 0 Å². The summed E-state index contributed by atoms with van der Waals surface area (Å²) < 4.78 is 16.6. The van der Waals surface area contributed by atoms with Crippen LogP contribution in [0.1, 0.15) is 22.3 Å². The van der Waals surface area contributed by atoms with Crippen molar-refractivity contribution >= 4 is 5.97 Å². The van der Waals surface area contributed by atoms with Gasteiger partial charge in [0.2, 0.25) is 0 Å². The van der Waals surface area contributed by atoms with Crippen LogP contribution in [0.5, 0.6) is 0 Å². The van der Waals surface area contributed by atoms with Crippen LogP contribution in [0.25, 0.3) is 0 Å². The summed E-state index contributed by atoms with van der Waals surface area (Å²) in [4.78, 5) is 16.7. The Morgan fingerprint density at radius 1 is 1.40 bits per heavy atom. The van der Waals surface area contributed by atoms with Crippen molar-refractivity contribution in [3.63, 3.8) is 0 Å². The molecule has 2 heterocycles. The van der Waals surface area contributed by atoms with Crippen LogP contribution in [-0.2, 0) is 25.7 Å². The lowest BCUT2D eigenvalue weighted by atomic mass is 10.1. The molecule has 6 nitrogen and oxygen atoms in total. The van der Waals surface area contributed by atoms with Crippen LogP contribution in [0, 0.1) is 0 Å². The number of nitrogens with two attached hydrogens (primary N) is 1. The van der Waals surface area contributed by atoms with Crippen LogP contribution in [0.2, 0.25) is 0 Å². The number of fused-ring (bicyclic) bond motifs is 1. The molecule has 1 aromatic rings. The molecule has 2 fully saturated rings. The van der Waals surface area contributed by atoms with Crippen LogP contribution in [0.4, 0.5) is 0 Å². The van der Waals surface area contributed by atoms with E-state index in [1.807, 2.05) is 6.07 Å². The summed E-state index contributed by atoms with van der Waals surface area (Å²) in [5.74, 6) is 4.65. The molecule has 6 heteroatoms. The molecule has 2 N–H and O–H groups in total. The van der Waals surface area contributed by atoms with Gasteiger partial charge in [-0.25, -0.2) is 10.7 Å². The van der Waals surface area contributed by atoms with Gasteiger partial charge < -0.3 is 14.2 Å². The maximum absolute atomic E-state index is 12.1. The fraction of sp³-hybridized carbons (Fsp3) is 0.500. The minimum atomic E-state index is -0.381. The Balaban J connectivity index is 1.65. The third kappa shape index (κ3) is 2.69. The predicted octanol–water partition coefficient (Wildman–Crippen LogP) is 0.790. The van der Waals surface area contributed by atoms with Crippen molar-refractivity contribution in [2.24, 2.45) is 5.90 Å². The van der Waals surface area contributed by atoms with E-state index in [0.717, 1.165) is 12.0 Å². The Hall–Kier alpha value is -1.47. The van der Waals surface area contributed by atoms with Crippen molar-refractivity contribution in [3.05, 3.63) is 35.4 Å². The molecule has 0 aliphatic carbocycles. The van der Waals surface area contributed by atoms with Gasteiger partial charge in [-0.15, -0.1) is 0 Å². The molecule has 1 aromatic carbocycles. The Morgan fingerprint density at radius 2 is 2.30 bits per heavy atom. The van der Waals surface area contributed by atoms with Gasteiger partial charge in [-0.05, 0) is 24.1 Å². The first-order valence-electron chi connectivity index (χ1n) is 6.63. The second-order valence-corrected chi connectivity index (χ2v) is 4.95. The van der Waals surface area contributed by atoms with Gasteiger partial charge in [-0.2, -0.15) is 0 Å². The molecule has 1 unspecified atom stereocenters. The summed E-state index contributed by atoms with van der Waals surface area (Å²) in [6.45, 7) is 1.31. The summed E-state index contributed by atoms with van der Waals surface area (Å²) in [5, 5.41) is 0. The van der Waals surface area contributed by atoms with Gasteiger partial charge in [-0.3, -0.25) is 4.84 Å². The minimum absolute atomic E-state index is 0.0600. The Morgan fingerprint density at radius 3 is 3.15 bits per heavy atom. The largest absolute Gasteiger partial charge is 0.453 e. The van der Waals surface area contributed by atoms with Crippen molar-refractivity contribution in [3.8, 4) is 0 Å². The molecule has 3 rings (SSSR count). The predicted molar refractivity (Wildman–Crippen MR) is 68.7 cm³/mol. The topological polar surface area (TPSA) is 80.0 Å². The molecule has 0 spiro atoms. The minimum Gasteiger partial charge on any atom is -0.453 e. The van der Waals surface area contributed by atoms with E-state index in [1.54, 1.807) is 18.2 Å². The molecular weight excluding hydrogens is 262 g/mol. The molecule has 2 aliphatic heterocycles. The number of rotatable bonds is 4. The Kier molecular flexibility index (Phi) is 3.98. The van der Waals surface area contributed by atoms with E-state index >= 15 is 0 Å². The highest BCUT2D eigenvalue weighted by molar-refractivity contribution is 5.89. The van der Waals surface area contributed by atoms with Crippen LogP contribution in [-0.4, -0.2) is 37.5 Å². The zero-order valence-electron chi connectivity index (χ0n) is 11.0. The molecule has 0 amide bonds. The number of benzene rings is 1. The summed E-state index contributed by atoms with van der Waals surface area (Å²) in [6.07, 6.45) is 0.464. The molecule has 0 aromatic heterocycles. The van der Waals surface area contributed by atoms with Crippen molar-refractivity contribution in [1.29, 1.82) is 0 Å². The van der Waals surface area contributed by atoms with Crippen LogP contribution < -0.4 is 5.90 Å². The Labute approximate surface area is 116 Å². The number of hydrogen-bond acceptors (Lipinski definition) is 6. The van der Waals surface area contributed by atoms with Gasteiger partial charge in [0.1, 0.15) is 6.10 Å². The fourth-order valence-corrected chi connectivity index (χ4v) is 2.62. The van der Waals surface area contributed by atoms with Crippen LogP contribution >= 0.6 is 0 Å². The number of esters is 1. The average molecular weight is 279 g/mol. The average Bonchev–Trinajstić information content (AvgIpc) is 3.04. The molecule has 0 radical (unpaired) electrons. The smallest absolute Gasteiger partial charge is 0.338 e. The molecule has 2 aliphatic rings. The fourth-order valence-electron chi connectivity index (χ4n) is 2.62. The monoisotopic (exact) mass is 279 g/mol. The highest BCUT2D eigenvalue weighted by atomic mass is 16.6. The van der Waals surface area contributed by atoms with E-state index in [1.165, 1.54) is 0 Å². The first-order chi connectivity index (χ1) is 9.78. The van der Waals surface area contributed by atoms with E-state index in [-0.39, 0.29) is 30.9 Å². The lowest BCUT2D eigenvalue weighted by molar-refractivity contribution is -0.0148. The second kappa shape index (κ2) is 5.88.